The van der Waals surface area contributed by atoms with Crippen molar-refractivity contribution >= 4 is 39.0 Å². The van der Waals surface area contributed by atoms with Gasteiger partial charge in [-0.05, 0) is 140 Å². The lowest BCUT2D eigenvalue weighted by molar-refractivity contribution is 0.660. The minimum atomic E-state index is -0.0401. The number of aryl methyl sites for hydroxylation is 2. The Bertz CT molecular complexity index is 3200. The van der Waals surface area contributed by atoms with Crippen molar-refractivity contribution in [2.45, 2.75) is 60.3 Å². The first kappa shape index (κ1) is 44.7. The van der Waals surface area contributed by atoms with Gasteiger partial charge in [-0.15, -0.1) is 0 Å². The maximum Gasteiger partial charge on any atom is 0.0540 e. The molecule has 1 atom stereocenters. The van der Waals surface area contributed by atoms with Gasteiger partial charge in [-0.1, -0.05) is 228 Å². The normalized spacial score (nSPS) is 14.3. The van der Waals surface area contributed by atoms with Gasteiger partial charge in [-0.25, -0.2) is 0 Å². The van der Waals surface area contributed by atoms with Crippen LogP contribution < -0.4 is 4.90 Å². The van der Waals surface area contributed by atoms with Crippen LogP contribution >= 0.6 is 0 Å². The molecule has 2 aliphatic carbocycles. The third-order valence-corrected chi connectivity index (χ3v) is 13.7. The molecule has 0 N–H and O–H groups in total. The van der Waals surface area contributed by atoms with Crippen molar-refractivity contribution in [3.63, 3.8) is 0 Å². The molecule has 330 valence electrons. The van der Waals surface area contributed by atoms with Gasteiger partial charge >= 0.3 is 0 Å². The van der Waals surface area contributed by atoms with Gasteiger partial charge in [0.25, 0.3) is 0 Å². The zero-order valence-corrected chi connectivity index (χ0v) is 40.1. The molecule has 0 bridgehead atoms. The maximum absolute atomic E-state index is 2.44. The van der Waals surface area contributed by atoms with Gasteiger partial charge in [0, 0.05) is 22.2 Å². The van der Waals surface area contributed by atoms with Crippen molar-refractivity contribution in [1.29, 1.82) is 0 Å². The molecule has 11 rings (SSSR count). The topological polar surface area (TPSA) is 3.24 Å². The van der Waals surface area contributed by atoms with Gasteiger partial charge < -0.3 is 4.90 Å². The number of hydrogen-bond acceptors (Lipinski definition) is 1. The quantitative estimate of drug-likeness (QED) is 0.154. The molecule has 0 radical (unpaired) electrons. The molecule has 0 amide bonds. The van der Waals surface area contributed by atoms with Crippen LogP contribution in [0.25, 0.3) is 55.3 Å². The maximum atomic E-state index is 2.44. The van der Waals surface area contributed by atoms with Crippen LogP contribution in [0.4, 0.5) is 17.1 Å². The number of anilines is 3. The summed E-state index contributed by atoms with van der Waals surface area (Å²) < 4.78 is 0. The van der Waals surface area contributed by atoms with Crippen LogP contribution in [-0.2, 0) is 5.41 Å². The van der Waals surface area contributed by atoms with Gasteiger partial charge in [0.2, 0.25) is 0 Å². The van der Waals surface area contributed by atoms with Crippen LogP contribution in [0.2, 0.25) is 0 Å². The minimum absolute atomic E-state index is 0.0401. The van der Waals surface area contributed by atoms with Crippen molar-refractivity contribution < 1.29 is 0 Å². The van der Waals surface area contributed by atoms with Gasteiger partial charge in [0.15, 0.2) is 0 Å². The molecule has 67 heavy (non-hydrogen) atoms. The molecule has 0 aliphatic heterocycles. The zero-order chi connectivity index (χ0) is 46.5. The van der Waals surface area contributed by atoms with Crippen molar-refractivity contribution in [1.82, 2.24) is 0 Å². The van der Waals surface area contributed by atoms with Gasteiger partial charge in [-0.2, -0.15) is 0 Å². The fourth-order valence-corrected chi connectivity index (χ4v) is 10.0. The Labute approximate surface area is 399 Å². The van der Waals surface area contributed by atoms with E-state index in [2.05, 4.69) is 246 Å². The molecule has 1 heteroatoms. The Morgan fingerprint density at radius 3 is 1.60 bits per heavy atom. The molecule has 9 aromatic carbocycles. The van der Waals surface area contributed by atoms with E-state index in [1.807, 2.05) is 32.0 Å². The van der Waals surface area contributed by atoms with Crippen LogP contribution in [0.15, 0.2) is 224 Å². The molecule has 9 aromatic rings. The Hall–Kier alpha value is -7.48. The highest BCUT2D eigenvalue weighted by atomic mass is 15.1. The number of fused-ring (bicyclic) bond motifs is 4. The fraction of sp³-hybridized carbons (Fsp3) is 0.152. The molecule has 0 fully saturated rings. The molecule has 0 spiro atoms. The second kappa shape index (κ2) is 19.5. The van der Waals surface area contributed by atoms with Crippen LogP contribution in [0.5, 0.6) is 0 Å². The summed E-state index contributed by atoms with van der Waals surface area (Å²) in [7, 11) is 0. The van der Waals surface area contributed by atoms with E-state index in [1.54, 1.807) is 0 Å². The Morgan fingerprint density at radius 1 is 0.448 bits per heavy atom. The number of hydrogen-bond donors (Lipinski definition) is 0. The van der Waals surface area contributed by atoms with E-state index >= 15 is 0 Å². The molecule has 0 heterocycles. The van der Waals surface area contributed by atoms with Gasteiger partial charge in [0.05, 0.1) is 5.69 Å². The van der Waals surface area contributed by atoms with E-state index in [0.29, 0.717) is 5.92 Å². The highest BCUT2D eigenvalue weighted by molar-refractivity contribution is 6.06. The Morgan fingerprint density at radius 2 is 0.955 bits per heavy atom. The third kappa shape index (κ3) is 8.95. The van der Waals surface area contributed by atoms with Crippen molar-refractivity contribution in [2.24, 2.45) is 5.92 Å². The lowest BCUT2D eigenvalue weighted by Gasteiger charge is -2.28. The molecular formula is C66H61N. The second-order valence-corrected chi connectivity index (χ2v) is 18.3. The van der Waals surface area contributed by atoms with Crippen LogP contribution in [0.3, 0.4) is 0 Å². The molecule has 1 unspecified atom stereocenters. The standard InChI is InChI=1S/C57H47N.C7H8.C2H6/c1-38-14-8-9-17-47(38)53-36-44(23-22-39(53)2)48-34-35-56(52-20-11-10-18-49(48)52)58(45-29-24-41(25-30-45)40-15-6-5-7-16-40)46-31-26-42(27-32-46)43-28-33-51-50-19-12-13-21-54(50)57(3,4)55(51)37-43;1-7-5-3-2-4-6-7;1-2/h5-21,23-37,39H,22H2,1-4H3;2-6H,1H3;1-2H3. The average Bonchev–Trinajstić information content (AvgIpc) is 3.61. The molecule has 2 aliphatic rings. The van der Waals surface area contributed by atoms with Crippen molar-refractivity contribution in [3.8, 4) is 33.4 Å². The summed E-state index contributed by atoms with van der Waals surface area (Å²) in [5.41, 5.74) is 21.7. The summed E-state index contributed by atoms with van der Waals surface area (Å²) in [5, 5.41) is 2.48. The number of benzene rings is 9. The van der Waals surface area contributed by atoms with Crippen molar-refractivity contribution in [2.75, 3.05) is 4.90 Å². The summed E-state index contributed by atoms with van der Waals surface area (Å²) in [4.78, 5) is 2.43. The Balaban J connectivity index is 0.000000568. The predicted octanol–water partition coefficient (Wildman–Crippen LogP) is 18.8. The highest BCUT2D eigenvalue weighted by Crippen LogP contribution is 2.50. The van der Waals surface area contributed by atoms with Gasteiger partial charge in [-0.3, -0.25) is 0 Å². The minimum Gasteiger partial charge on any atom is -0.310 e. The van der Waals surface area contributed by atoms with E-state index < -0.39 is 0 Å². The molecule has 0 saturated heterocycles. The number of rotatable bonds is 7. The smallest absolute Gasteiger partial charge is 0.0540 e. The van der Waals surface area contributed by atoms with E-state index in [1.165, 1.54) is 88.7 Å². The predicted molar refractivity (Wildman–Crippen MR) is 291 cm³/mol. The molecular weight excluding hydrogens is 807 g/mol. The summed E-state index contributed by atoms with van der Waals surface area (Å²) in [6, 6.07) is 77.4. The summed E-state index contributed by atoms with van der Waals surface area (Å²) in [5.74, 6) is 0.465. The second-order valence-electron chi connectivity index (χ2n) is 18.3. The first-order valence-electron chi connectivity index (χ1n) is 24.1. The van der Waals surface area contributed by atoms with E-state index in [-0.39, 0.29) is 5.41 Å². The number of nitrogens with zero attached hydrogens (tertiary/aromatic N) is 1. The fourth-order valence-electron chi connectivity index (χ4n) is 10.0. The SMILES string of the molecule is CC.Cc1ccccc1.Cc1ccccc1C1=CC(c2ccc(N(c3ccc(-c4ccccc4)cc3)c3ccc(-c4ccc5c(c4)C(C)(C)c4ccccc4-5)cc3)c3ccccc23)=CCC1C. The summed E-state index contributed by atoms with van der Waals surface area (Å²) in [6.07, 6.45) is 5.90. The first-order valence-corrected chi connectivity index (χ1v) is 24.1. The Kier molecular flexibility index (Phi) is 13.0. The number of allylic oxidation sites excluding steroid dienone is 4. The van der Waals surface area contributed by atoms with Crippen molar-refractivity contribution in [3.05, 3.63) is 258 Å². The lowest BCUT2D eigenvalue weighted by atomic mass is 9.81. The van der Waals surface area contributed by atoms with E-state index in [9.17, 15) is 0 Å². The highest BCUT2D eigenvalue weighted by Gasteiger charge is 2.35. The first-order chi connectivity index (χ1) is 32.7. The lowest BCUT2D eigenvalue weighted by Crippen LogP contribution is -2.14. The summed E-state index contributed by atoms with van der Waals surface area (Å²) >= 11 is 0. The largest absolute Gasteiger partial charge is 0.310 e. The van der Waals surface area contributed by atoms with Gasteiger partial charge in [0.1, 0.15) is 0 Å². The van der Waals surface area contributed by atoms with Crippen LogP contribution in [-0.4, -0.2) is 0 Å². The zero-order valence-electron chi connectivity index (χ0n) is 40.1. The molecule has 1 nitrogen and oxygen atoms in total. The molecule has 0 aromatic heterocycles. The summed E-state index contributed by atoms with van der Waals surface area (Å²) in [6.45, 7) is 15.4. The third-order valence-electron chi connectivity index (χ3n) is 13.7. The van der Waals surface area contributed by atoms with Crippen LogP contribution in [0.1, 0.15) is 74.4 Å². The monoisotopic (exact) mass is 867 g/mol. The average molecular weight is 868 g/mol. The molecule has 0 saturated carbocycles. The van der Waals surface area contributed by atoms with E-state index in [4.69, 9.17) is 0 Å². The van der Waals surface area contributed by atoms with E-state index in [0.717, 1.165) is 23.5 Å². The van der Waals surface area contributed by atoms with Crippen LogP contribution in [0, 0.1) is 19.8 Å².